The molecule has 0 aliphatic carbocycles. The molecule has 0 bridgehead atoms. The monoisotopic (exact) mass is 485 g/mol. The van der Waals surface area contributed by atoms with Crippen molar-refractivity contribution in [2.45, 2.75) is 12.5 Å². The van der Waals surface area contributed by atoms with Crippen molar-refractivity contribution < 1.29 is 19.4 Å². The molecule has 1 N–H and O–H groups in total. The minimum atomic E-state index is -0.661. The first kappa shape index (κ1) is 21.7. The lowest BCUT2D eigenvalue weighted by molar-refractivity contribution is -0.140. The zero-order chi connectivity index (χ0) is 21.8. The number of ketones is 1. The molecule has 0 radical (unpaired) electrons. The lowest BCUT2D eigenvalue weighted by atomic mass is 9.95. The Balaban J connectivity index is 1.66. The quantitative estimate of drug-likeness (QED) is 0.384. The maximum absolute atomic E-state index is 13.0. The number of rotatable bonds is 6. The van der Waals surface area contributed by atoms with E-state index in [-0.39, 0.29) is 11.3 Å². The molecule has 2 saturated heterocycles. The number of nitrogens with zero attached hydrogens (tertiary/aromatic N) is 3. The van der Waals surface area contributed by atoms with E-state index in [9.17, 15) is 14.7 Å². The average Bonchev–Trinajstić information content (AvgIpc) is 3.05. The first-order valence-corrected chi connectivity index (χ1v) is 11.1. The Bertz CT molecular complexity index is 989. The van der Waals surface area contributed by atoms with Crippen molar-refractivity contribution in [2.75, 3.05) is 39.4 Å². The van der Waals surface area contributed by atoms with Crippen LogP contribution in [0.4, 0.5) is 0 Å². The van der Waals surface area contributed by atoms with Gasteiger partial charge in [0.15, 0.2) is 0 Å². The van der Waals surface area contributed by atoms with Gasteiger partial charge in [-0.25, -0.2) is 0 Å². The number of carbonyl (C=O) groups excluding carboxylic acids is 2. The van der Waals surface area contributed by atoms with Gasteiger partial charge in [0.2, 0.25) is 0 Å². The number of aliphatic hydroxyl groups excluding tert-OH is 1. The number of hydrogen-bond acceptors (Lipinski definition) is 6. The number of pyridine rings is 1. The largest absolute Gasteiger partial charge is 0.507 e. The van der Waals surface area contributed by atoms with Crippen LogP contribution in [0.15, 0.2) is 58.8 Å². The van der Waals surface area contributed by atoms with E-state index in [1.807, 2.05) is 24.3 Å². The molecule has 2 aliphatic heterocycles. The zero-order valence-corrected chi connectivity index (χ0v) is 18.6. The summed E-state index contributed by atoms with van der Waals surface area (Å²) >= 11 is 3.47. The summed E-state index contributed by atoms with van der Waals surface area (Å²) in [6.07, 6.45) is 3.82. The number of amides is 1. The van der Waals surface area contributed by atoms with Crippen LogP contribution < -0.4 is 0 Å². The molecule has 8 heteroatoms. The molecule has 2 aromatic rings. The molecule has 1 aromatic heterocycles. The molecule has 1 amide bonds. The Hall–Kier alpha value is -2.55. The van der Waals surface area contributed by atoms with Crippen LogP contribution in [0.25, 0.3) is 5.76 Å². The van der Waals surface area contributed by atoms with E-state index in [2.05, 4.69) is 25.8 Å². The predicted molar refractivity (Wildman–Crippen MR) is 119 cm³/mol. The number of Topliss-reactive ketones (excluding diaryl/α,β-unsaturated/α-hetero) is 1. The van der Waals surface area contributed by atoms with Crippen LogP contribution in [0, 0.1) is 0 Å². The number of aromatic nitrogens is 1. The van der Waals surface area contributed by atoms with Gasteiger partial charge in [-0.3, -0.25) is 19.5 Å². The number of ether oxygens (including phenoxy) is 1. The summed E-state index contributed by atoms with van der Waals surface area (Å²) in [6.45, 7) is 4.42. The Morgan fingerprint density at radius 1 is 1.13 bits per heavy atom. The van der Waals surface area contributed by atoms with Gasteiger partial charge >= 0.3 is 0 Å². The van der Waals surface area contributed by atoms with Crippen molar-refractivity contribution in [3.05, 3.63) is 70.0 Å². The van der Waals surface area contributed by atoms with E-state index in [0.717, 1.165) is 36.1 Å². The molecule has 7 nitrogen and oxygen atoms in total. The second kappa shape index (κ2) is 9.72. The fraction of sp³-hybridized carbons (Fsp3) is 0.348. The second-order valence-electron chi connectivity index (χ2n) is 7.59. The molecule has 0 spiro atoms. The standard InChI is InChI=1S/C23H24BrN3O4/c24-18-4-1-3-17(15-18)20-19(21(28)16-5-7-25-8-6-16)22(29)23(30)27(20)10-2-9-26-11-13-31-14-12-26/h1,3-8,15,20,28H,2,9-14H2/b21-19+. The van der Waals surface area contributed by atoms with Crippen molar-refractivity contribution in [3.63, 3.8) is 0 Å². The zero-order valence-electron chi connectivity index (χ0n) is 17.0. The molecule has 4 rings (SSSR count). The van der Waals surface area contributed by atoms with Crippen LogP contribution in [0.2, 0.25) is 0 Å². The lowest BCUT2D eigenvalue weighted by Gasteiger charge is -2.29. The third kappa shape index (κ3) is 4.71. The van der Waals surface area contributed by atoms with Crippen molar-refractivity contribution in [2.24, 2.45) is 0 Å². The van der Waals surface area contributed by atoms with Gasteiger partial charge in [0.1, 0.15) is 5.76 Å². The number of aliphatic hydroxyl groups is 1. The van der Waals surface area contributed by atoms with Gasteiger partial charge in [0, 0.05) is 48.6 Å². The fourth-order valence-electron chi connectivity index (χ4n) is 4.09. The van der Waals surface area contributed by atoms with E-state index in [4.69, 9.17) is 4.74 Å². The molecule has 0 saturated carbocycles. The molecule has 3 heterocycles. The third-order valence-corrected chi connectivity index (χ3v) is 6.13. The molecular weight excluding hydrogens is 462 g/mol. The molecule has 162 valence electrons. The van der Waals surface area contributed by atoms with Crippen molar-refractivity contribution in [3.8, 4) is 0 Å². The van der Waals surface area contributed by atoms with E-state index in [1.54, 1.807) is 29.4 Å². The Morgan fingerprint density at radius 2 is 1.87 bits per heavy atom. The highest BCUT2D eigenvalue weighted by Crippen LogP contribution is 2.40. The minimum absolute atomic E-state index is 0.112. The Labute approximate surface area is 189 Å². The molecular formula is C23H24BrN3O4. The van der Waals surface area contributed by atoms with Crippen LogP contribution in [0.1, 0.15) is 23.6 Å². The van der Waals surface area contributed by atoms with Crippen LogP contribution >= 0.6 is 15.9 Å². The van der Waals surface area contributed by atoms with Gasteiger partial charge in [-0.2, -0.15) is 0 Å². The maximum Gasteiger partial charge on any atom is 0.295 e. The normalized spacial score (nSPS) is 21.6. The molecule has 1 unspecified atom stereocenters. The summed E-state index contributed by atoms with van der Waals surface area (Å²) in [6, 6.07) is 10.1. The predicted octanol–water partition coefficient (Wildman–Crippen LogP) is 2.99. The maximum atomic E-state index is 13.0. The average molecular weight is 486 g/mol. The summed E-state index contributed by atoms with van der Waals surface area (Å²) in [5.74, 6) is -1.42. The second-order valence-corrected chi connectivity index (χ2v) is 8.51. The Kier molecular flexibility index (Phi) is 6.80. The fourth-order valence-corrected chi connectivity index (χ4v) is 4.51. The van der Waals surface area contributed by atoms with Gasteiger partial charge in [0.25, 0.3) is 11.7 Å². The highest BCUT2D eigenvalue weighted by Gasteiger charge is 2.45. The van der Waals surface area contributed by atoms with Gasteiger partial charge in [-0.15, -0.1) is 0 Å². The summed E-state index contributed by atoms with van der Waals surface area (Å²) < 4.78 is 6.23. The van der Waals surface area contributed by atoms with Crippen molar-refractivity contribution in [1.82, 2.24) is 14.8 Å². The first-order chi connectivity index (χ1) is 15.1. The molecule has 31 heavy (non-hydrogen) atoms. The molecule has 2 aliphatic rings. The SMILES string of the molecule is O=C1C(=O)N(CCCN2CCOCC2)C(c2cccc(Br)c2)/C1=C(\O)c1ccncc1. The Morgan fingerprint density at radius 3 is 2.58 bits per heavy atom. The van der Waals surface area contributed by atoms with E-state index in [1.165, 1.54) is 0 Å². The number of likely N-dealkylation sites (tertiary alicyclic amines) is 1. The van der Waals surface area contributed by atoms with E-state index in [0.29, 0.717) is 25.3 Å². The van der Waals surface area contributed by atoms with Gasteiger partial charge in [-0.1, -0.05) is 28.1 Å². The van der Waals surface area contributed by atoms with Crippen LogP contribution in [-0.4, -0.2) is 71.0 Å². The highest BCUT2D eigenvalue weighted by atomic mass is 79.9. The summed E-state index contributed by atoms with van der Waals surface area (Å²) in [7, 11) is 0. The van der Waals surface area contributed by atoms with E-state index < -0.39 is 17.7 Å². The third-order valence-electron chi connectivity index (χ3n) is 5.64. The lowest BCUT2D eigenvalue weighted by Crippen LogP contribution is -2.38. The number of halogens is 1. The highest BCUT2D eigenvalue weighted by molar-refractivity contribution is 9.10. The summed E-state index contributed by atoms with van der Waals surface area (Å²) in [5, 5.41) is 11.0. The van der Waals surface area contributed by atoms with Crippen molar-refractivity contribution in [1.29, 1.82) is 0 Å². The topological polar surface area (TPSA) is 83.0 Å². The number of hydrogen-bond donors (Lipinski definition) is 1. The molecule has 1 atom stereocenters. The van der Waals surface area contributed by atoms with E-state index >= 15 is 0 Å². The molecule has 1 aromatic carbocycles. The minimum Gasteiger partial charge on any atom is -0.507 e. The molecule has 2 fully saturated rings. The summed E-state index contributed by atoms with van der Waals surface area (Å²) in [5.41, 5.74) is 1.34. The van der Waals surface area contributed by atoms with Crippen LogP contribution in [-0.2, 0) is 14.3 Å². The van der Waals surface area contributed by atoms with Gasteiger partial charge < -0.3 is 14.7 Å². The first-order valence-electron chi connectivity index (χ1n) is 10.3. The number of morpholine rings is 1. The smallest absolute Gasteiger partial charge is 0.295 e. The van der Waals surface area contributed by atoms with Gasteiger partial charge in [-0.05, 0) is 36.2 Å². The van der Waals surface area contributed by atoms with Crippen LogP contribution in [0.5, 0.6) is 0 Å². The van der Waals surface area contributed by atoms with Crippen LogP contribution in [0.3, 0.4) is 0 Å². The summed E-state index contributed by atoms with van der Waals surface area (Å²) in [4.78, 5) is 33.8. The number of benzene rings is 1. The van der Waals surface area contributed by atoms with Gasteiger partial charge in [0.05, 0.1) is 24.8 Å². The van der Waals surface area contributed by atoms with Crippen molar-refractivity contribution >= 4 is 33.4 Å². The number of carbonyl (C=O) groups is 2.